The molecular weight excluding hydrogens is 361 g/mol. The van der Waals surface area contributed by atoms with Crippen molar-refractivity contribution in [2.24, 2.45) is 0 Å². The van der Waals surface area contributed by atoms with Crippen LogP contribution in [0.1, 0.15) is 18.3 Å². The van der Waals surface area contributed by atoms with Crippen LogP contribution in [0.2, 0.25) is 0 Å². The number of rotatable bonds is 7. The Hall–Kier alpha value is -3.62. The molecule has 3 heterocycles. The third-order valence-electron chi connectivity index (χ3n) is 4.08. The monoisotopic (exact) mass is 379 g/mol. The minimum atomic E-state index is -0.270. The van der Waals surface area contributed by atoms with Crippen molar-refractivity contribution < 1.29 is 8.91 Å². The normalized spacial score (nSPS) is 12.1. The van der Waals surface area contributed by atoms with E-state index in [2.05, 4.69) is 30.5 Å². The Morgan fingerprint density at radius 2 is 2.04 bits per heavy atom. The standard InChI is InChI=1S/C19H18FN7O/c1-13(10-27-12-21-11-23-27)24-17-7-4-15(9-22-17)19-25-18(26-28-19)8-14-2-5-16(20)6-3-14/h2-7,9,11-13H,8,10H2,1H3,(H,22,24)/t13-/m1/s1. The number of hydrogen-bond donors (Lipinski definition) is 1. The molecule has 0 saturated heterocycles. The van der Waals surface area contributed by atoms with Crippen molar-refractivity contribution in [1.82, 2.24) is 29.9 Å². The van der Waals surface area contributed by atoms with Crippen molar-refractivity contribution in [2.45, 2.75) is 25.9 Å². The summed E-state index contributed by atoms with van der Waals surface area (Å²) >= 11 is 0. The highest BCUT2D eigenvalue weighted by molar-refractivity contribution is 5.54. The lowest BCUT2D eigenvalue weighted by atomic mass is 10.1. The summed E-state index contributed by atoms with van der Waals surface area (Å²) in [5.41, 5.74) is 1.64. The summed E-state index contributed by atoms with van der Waals surface area (Å²) in [6.45, 7) is 2.72. The lowest BCUT2D eigenvalue weighted by Gasteiger charge is -2.14. The van der Waals surface area contributed by atoms with Gasteiger partial charge in [-0.15, -0.1) is 0 Å². The lowest BCUT2D eigenvalue weighted by molar-refractivity contribution is 0.424. The molecule has 142 valence electrons. The minimum Gasteiger partial charge on any atom is -0.366 e. The Bertz CT molecular complexity index is 1010. The molecule has 0 aliphatic carbocycles. The lowest BCUT2D eigenvalue weighted by Crippen LogP contribution is -2.22. The number of nitrogens with one attached hydrogen (secondary N) is 1. The first kappa shape index (κ1) is 17.8. The van der Waals surface area contributed by atoms with Gasteiger partial charge in [0, 0.05) is 18.7 Å². The van der Waals surface area contributed by atoms with Gasteiger partial charge in [0.05, 0.1) is 12.1 Å². The van der Waals surface area contributed by atoms with Crippen molar-refractivity contribution in [3.63, 3.8) is 0 Å². The van der Waals surface area contributed by atoms with Crippen molar-refractivity contribution in [2.75, 3.05) is 5.32 Å². The van der Waals surface area contributed by atoms with Crippen LogP contribution in [-0.4, -0.2) is 35.9 Å². The summed E-state index contributed by atoms with van der Waals surface area (Å²) < 4.78 is 20.1. The van der Waals surface area contributed by atoms with E-state index in [4.69, 9.17) is 4.52 Å². The molecule has 28 heavy (non-hydrogen) atoms. The van der Waals surface area contributed by atoms with Crippen LogP contribution >= 0.6 is 0 Å². The maximum absolute atomic E-state index is 13.0. The van der Waals surface area contributed by atoms with Crippen LogP contribution in [0.15, 0.2) is 59.8 Å². The molecule has 0 aliphatic rings. The first-order valence-electron chi connectivity index (χ1n) is 8.78. The van der Waals surface area contributed by atoms with Crippen LogP contribution in [0.3, 0.4) is 0 Å². The zero-order valence-corrected chi connectivity index (χ0v) is 15.2. The second-order valence-electron chi connectivity index (χ2n) is 6.41. The van der Waals surface area contributed by atoms with Gasteiger partial charge in [0.2, 0.25) is 0 Å². The average Bonchev–Trinajstić information content (AvgIpc) is 3.36. The summed E-state index contributed by atoms with van der Waals surface area (Å²) in [6, 6.07) is 10.1. The van der Waals surface area contributed by atoms with E-state index < -0.39 is 0 Å². The predicted molar refractivity (Wildman–Crippen MR) is 99.8 cm³/mol. The summed E-state index contributed by atoms with van der Waals surface area (Å²) in [6.07, 6.45) is 5.33. The number of halogens is 1. The molecule has 1 aromatic carbocycles. The Balaban J connectivity index is 1.38. The molecule has 0 unspecified atom stereocenters. The quantitative estimate of drug-likeness (QED) is 0.527. The summed E-state index contributed by atoms with van der Waals surface area (Å²) in [4.78, 5) is 12.7. The first-order chi connectivity index (χ1) is 13.7. The maximum atomic E-state index is 13.0. The molecule has 0 fully saturated rings. The summed E-state index contributed by atoms with van der Waals surface area (Å²) in [5.74, 6) is 1.40. The fourth-order valence-electron chi connectivity index (χ4n) is 2.74. The molecule has 0 radical (unpaired) electrons. The summed E-state index contributed by atoms with van der Waals surface area (Å²) in [5, 5.41) is 11.4. The third-order valence-corrected chi connectivity index (χ3v) is 4.08. The molecule has 0 bridgehead atoms. The Kier molecular flexibility index (Phi) is 5.05. The largest absolute Gasteiger partial charge is 0.366 e. The molecule has 0 spiro atoms. The maximum Gasteiger partial charge on any atom is 0.259 e. The van der Waals surface area contributed by atoms with E-state index in [1.807, 2.05) is 19.1 Å². The molecule has 8 nitrogen and oxygen atoms in total. The Labute approximate surface area is 160 Å². The van der Waals surface area contributed by atoms with E-state index in [1.165, 1.54) is 18.5 Å². The molecule has 4 rings (SSSR count). The molecule has 0 aliphatic heterocycles. The van der Waals surface area contributed by atoms with Gasteiger partial charge in [-0.3, -0.25) is 4.68 Å². The van der Waals surface area contributed by atoms with E-state index in [1.54, 1.807) is 29.3 Å². The van der Waals surface area contributed by atoms with Gasteiger partial charge in [0.25, 0.3) is 5.89 Å². The zero-order valence-electron chi connectivity index (χ0n) is 15.2. The van der Waals surface area contributed by atoms with Crippen molar-refractivity contribution in [1.29, 1.82) is 0 Å². The van der Waals surface area contributed by atoms with E-state index in [0.717, 1.165) is 16.9 Å². The molecule has 0 saturated carbocycles. The molecule has 1 atom stereocenters. The molecule has 3 aromatic heterocycles. The van der Waals surface area contributed by atoms with E-state index in [0.29, 0.717) is 24.7 Å². The highest BCUT2D eigenvalue weighted by Crippen LogP contribution is 2.19. The van der Waals surface area contributed by atoms with Gasteiger partial charge in [-0.05, 0) is 36.8 Å². The van der Waals surface area contributed by atoms with Crippen LogP contribution in [0, 0.1) is 5.82 Å². The molecule has 0 amide bonds. The fourth-order valence-corrected chi connectivity index (χ4v) is 2.74. The van der Waals surface area contributed by atoms with Crippen LogP contribution < -0.4 is 5.32 Å². The van der Waals surface area contributed by atoms with Crippen molar-refractivity contribution in [3.8, 4) is 11.5 Å². The number of aromatic nitrogens is 6. The smallest absolute Gasteiger partial charge is 0.259 e. The molecular formula is C19H18FN7O. The van der Waals surface area contributed by atoms with Crippen molar-refractivity contribution >= 4 is 5.82 Å². The van der Waals surface area contributed by atoms with Gasteiger partial charge in [0.1, 0.15) is 24.3 Å². The van der Waals surface area contributed by atoms with E-state index >= 15 is 0 Å². The second kappa shape index (κ2) is 7.95. The first-order valence-corrected chi connectivity index (χ1v) is 8.78. The number of pyridine rings is 1. The van der Waals surface area contributed by atoms with Crippen LogP contribution in [0.5, 0.6) is 0 Å². The van der Waals surface area contributed by atoms with E-state index in [9.17, 15) is 4.39 Å². The van der Waals surface area contributed by atoms with E-state index in [-0.39, 0.29) is 11.9 Å². The van der Waals surface area contributed by atoms with Crippen LogP contribution in [0.4, 0.5) is 10.2 Å². The molecule has 4 aromatic rings. The average molecular weight is 379 g/mol. The minimum absolute atomic E-state index is 0.130. The number of benzene rings is 1. The topological polar surface area (TPSA) is 94.6 Å². The van der Waals surface area contributed by atoms with Crippen molar-refractivity contribution in [3.05, 3.63) is 72.5 Å². The predicted octanol–water partition coefficient (Wildman–Crippen LogP) is 2.95. The highest BCUT2D eigenvalue weighted by atomic mass is 19.1. The fraction of sp³-hybridized carbons (Fsp3) is 0.211. The number of nitrogens with zero attached hydrogens (tertiary/aromatic N) is 6. The zero-order chi connectivity index (χ0) is 19.3. The Morgan fingerprint density at radius 1 is 1.18 bits per heavy atom. The number of hydrogen-bond acceptors (Lipinski definition) is 7. The second-order valence-corrected chi connectivity index (χ2v) is 6.41. The molecule has 1 N–H and O–H groups in total. The van der Waals surface area contributed by atoms with Gasteiger partial charge >= 0.3 is 0 Å². The van der Waals surface area contributed by atoms with Gasteiger partial charge in [-0.25, -0.2) is 14.4 Å². The SMILES string of the molecule is C[C@H](Cn1cncn1)Nc1ccc(-c2nc(Cc3ccc(F)cc3)no2)cn1. The van der Waals surface area contributed by atoms with Crippen LogP contribution in [0.25, 0.3) is 11.5 Å². The highest BCUT2D eigenvalue weighted by Gasteiger charge is 2.11. The molecule has 9 heteroatoms. The number of anilines is 1. The summed E-state index contributed by atoms with van der Waals surface area (Å²) in [7, 11) is 0. The van der Waals surface area contributed by atoms with Gasteiger partial charge in [-0.2, -0.15) is 10.1 Å². The van der Waals surface area contributed by atoms with Gasteiger partial charge in [0.15, 0.2) is 5.82 Å². The Morgan fingerprint density at radius 3 is 2.75 bits per heavy atom. The van der Waals surface area contributed by atoms with Gasteiger partial charge in [-0.1, -0.05) is 17.3 Å². The van der Waals surface area contributed by atoms with Gasteiger partial charge < -0.3 is 9.84 Å². The third kappa shape index (κ3) is 4.37. The van der Waals surface area contributed by atoms with Crippen LogP contribution in [-0.2, 0) is 13.0 Å².